The number of hydrogen-bond donors (Lipinski definition) is 0. The second kappa shape index (κ2) is 6.40. The minimum atomic E-state index is 0.945. The number of rotatable bonds is 1. The molecule has 1 aliphatic carbocycles. The van der Waals surface area contributed by atoms with Gasteiger partial charge in [0.2, 0.25) is 0 Å². The predicted molar refractivity (Wildman–Crippen MR) is 97.4 cm³/mol. The van der Waals surface area contributed by atoms with Crippen LogP contribution in [0.4, 0.5) is 0 Å². The van der Waals surface area contributed by atoms with E-state index in [0.717, 1.165) is 44.5 Å². The lowest BCUT2D eigenvalue weighted by molar-refractivity contribution is 0.313. The lowest BCUT2D eigenvalue weighted by atomic mass is 9.88. The summed E-state index contributed by atoms with van der Waals surface area (Å²) in [5.41, 5.74) is 8.24. The Morgan fingerprint density at radius 2 is 1.79 bits per heavy atom. The molecule has 2 aromatic rings. The average Bonchev–Trinajstić information content (AvgIpc) is 2.79. The summed E-state index contributed by atoms with van der Waals surface area (Å²) in [7, 11) is 3.95. The SMILES string of the molecule is COc1ccc2c(c1)CCc1cccnc1C2=C1CCN(C)CC1. The fraction of sp³-hybridized carbons (Fsp3) is 0.381. The normalized spacial score (nSPS) is 17.9. The largest absolute Gasteiger partial charge is 0.497 e. The Morgan fingerprint density at radius 3 is 2.58 bits per heavy atom. The maximum absolute atomic E-state index is 5.45. The molecular weight excluding hydrogens is 296 g/mol. The van der Waals surface area contributed by atoms with E-state index >= 15 is 0 Å². The summed E-state index contributed by atoms with van der Waals surface area (Å²) in [5.74, 6) is 0.945. The van der Waals surface area contributed by atoms with E-state index in [1.807, 2.05) is 6.20 Å². The number of fused-ring (bicyclic) bond motifs is 2. The third-order valence-corrected chi connectivity index (χ3v) is 5.32. The fourth-order valence-electron chi connectivity index (χ4n) is 3.91. The summed E-state index contributed by atoms with van der Waals surface area (Å²) in [4.78, 5) is 7.21. The first kappa shape index (κ1) is 15.4. The van der Waals surface area contributed by atoms with Gasteiger partial charge in [0.05, 0.1) is 12.8 Å². The summed E-state index contributed by atoms with van der Waals surface area (Å²) >= 11 is 0. The number of ether oxygens (including phenoxy) is 1. The number of piperidine rings is 1. The first-order valence-corrected chi connectivity index (χ1v) is 8.78. The first-order chi connectivity index (χ1) is 11.8. The van der Waals surface area contributed by atoms with Crippen molar-refractivity contribution in [1.82, 2.24) is 9.88 Å². The second-order valence-electron chi connectivity index (χ2n) is 6.82. The van der Waals surface area contributed by atoms with Gasteiger partial charge in [-0.25, -0.2) is 0 Å². The van der Waals surface area contributed by atoms with E-state index in [9.17, 15) is 0 Å². The number of benzene rings is 1. The van der Waals surface area contributed by atoms with Crippen LogP contribution >= 0.6 is 0 Å². The molecule has 0 bridgehead atoms. The van der Waals surface area contributed by atoms with Gasteiger partial charge in [-0.3, -0.25) is 4.98 Å². The van der Waals surface area contributed by atoms with Crippen molar-refractivity contribution < 1.29 is 4.74 Å². The highest BCUT2D eigenvalue weighted by atomic mass is 16.5. The Bertz CT molecular complexity index is 784. The molecule has 0 saturated carbocycles. The van der Waals surface area contributed by atoms with Crippen molar-refractivity contribution >= 4 is 5.57 Å². The predicted octanol–water partition coefficient (Wildman–Crippen LogP) is 3.72. The molecule has 3 nitrogen and oxygen atoms in total. The van der Waals surface area contributed by atoms with E-state index in [1.54, 1.807) is 12.7 Å². The minimum Gasteiger partial charge on any atom is -0.497 e. The molecular formula is C21H24N2O. The van der Waals surface area contributed by atoms with Crippen LogP contribution in [0.3, 0.4) is 0 Å². The molecule has 1 aromatic heterocycles. The molecule has 2 aliphatic rings. The third-order valence-electron chi connectivity index (χ3n) is 5.32. The summed E-state index contributed by atoms with van der Waals surface area (Å²) in [5, 5.41) is 0. The smallest absolute Gasteiger partial charge is 0.119 e. The van der Waals surface area contributed by atoms with Crippen LogP contribution in [0.15, 0.2) is 42.1 Å². The summed E-state index contributed by atoms with van der Waals surface area (Å²) < 4.78 is 5.45. The number of hydrogen-bond acceptors (Lipinski definition) is 3. The maximum atomic E-state index is 5.45. The molecule has 124 valence electrons. The molecule has 0 unspecified atom stereocenters. The Morgan fingerprint density at radius 1 is 1.00 bits per heavy atom. The Labute approximate surface area is 144 Å². The maximum Gasteiger partial charge on any atom is 0.119 e. The topological polar surface area (TPSA) is 25.4 Å². The van der Waals surface area contributed by atoms with Crippen LogP contribution < -0.4 is 4.74 Å². The lowest BCUT2D eigenvalue weighted by Gasteiger charge is -2.27. The lowest BCUT2D eigenvalue weighted by Crippen LogP contribution is -2.27. The van der Waals surface area contributed by atoms with Gasteiger partial charge in [0.15, 0.2) is 0 Å². The molecule has 24 heavy (non-hydrogen) atoms. The monoisotopic (exact) mass is 320 g/mol. The van der Waals surface area contributed by atoms with Crippen LogP contribution in [-0.2, 0) is 12.8 Å². The van der Waals surface area contributed by atoms with Crippen LogP contribution in [0.25, 0.3) is 5.57 Å². The molecule has 0 radical (unpaired) electrons. The molecule has 0 atom stereocenters. The molecule has 1 fully saturated rings. The molecule has 4 rings (SSSR count). The van der Waals surface area contributed by atoms with Gasteiger partial charge >= 0.3 is 0 Å². The Balaban J connectivity index is 1.91. The summed E-state index contributed by atoms with van der Waals surface area (Å²) in [6.07, 6.45) is 6.28. The number of aryl methyl sites for hydroxylation is 2. The van der Waals surface area contributed by atoms with Crippen LogP contribution in [-0.4, -0.2) is 37.1 Å². The van der Waals surface area contributed by atoms with E-state index in [0.29, 0.717) is 0 Å². The van der Waals surface area contributed by atoms with E-state index in [4.69, 9.17) is 9.72 Å². The molecule has 1 saturated heterocycles. The number of aromatic nitrogens is 1. The van der Waals surface area contributed by atoms with E-state index in [1.165, 1.54) is 28.0 Å². The third kappa shape index (κ3) is 2.73. The number of likely N-dealkylation sites (tertiary alicyclic amines) is 1. The van der Waals surface area contributed by atoms with Crippen molar-refractivity contribution in [1.29, 1.82) is 0 Å². The van der Waals surface area contributed by atoms with Crippen molar-refractivity contribution in [3.8, 4) is 5.75 Å². The van der Waals surface area contributed by atoms with E-state index < -0.39 is 0 Å². The van der Waals surface area contributed by atoms with E-state index in [-0.39, 0.29) is 0 Å². The highest BCUT2D eigenvalue weighted by molar-refractivity contribution is 5.84. The zero-order chi connectivity index (χ0) is 16.5. The number of methoxy groups -OCH3 is 1. The van der Waals surface area contributed by atoms with Gasteiger partial charge in [0, 0.05) is 24.9 Å². The molecule has 0 amide bonds. The van der Waals surface area contributed by atoms with Gasteiger partial charge < -0.3 is 9.64 Å². The van der Waals surface area contributed by atoms with E-state index in [2.05, 4.69) is 42.3 Å². The standard InChI is InChI=1S/C21H24N2O/c1-23-12-9-15(10-13-23)20-19-8-7-18(24-2)14-17(19)6-5-16-4-3-11-22-21(16)20/h3-4,7-8,11,14H,5-6,9-10,12-13H2,1-2H3. The van der Waals surface area contributed by atoms with Crippen LogP contribution in [0.1, 0.15) is 35.2 Å². The van der Waals surface area contributed by atoms with Crippen LogP contribution in [0.2, 0.25) is 0 Å². The first-order valence-electron chi connectivity index (χ1n) is 8.78. The van der Waals surface area contributed by atoms with Gasteiger partial charge in [-0.1, -0.05) is 17.7 Å². The zero-order valence-corrected chi connectivity index (χ0v) is 14.5. The zero-order valence-electron chi connectivity index (χ0n) is 14.5. The minimum absolute atomic E-state index is 0.945. The van der Waals surface area contributed by atoms with Crippen LogP contribution in [0, 0.1) is 0 Å². The quantitative estimate of drug-likeness (QED) is 0.801. The van der Waals surface area contributed by atoms with Crippen molar-refractivity contribution in [2.45, 2.75) is 25.7 Å². The van der Waals surface area contributed by atoms with Gasteiger partial charge in [-0.15, -0.1) is 0 Å². The fourth-order valence-corrected chi connectivity index (χ4v) is 3.91. The van der Waals surface area contributed by atoms with Crippen molar-refractivity contribution in [2.75, 3.05) is 27.2 Å². The summed E-state index contributed by atoms with van der Waals surface area (Å²) in [6, 6.07) is 10.8. The average molecular weight is 320 g/mol. The molecule has 2 heterocycles. The number of nitrogens with zero attached hydrogens (tertiary/aromatic N) is 2. The highest BCUT2D eigenvalue weighted by Crippen LogP contribution is 2.38. The van der Waals surface area contributed by atoms with Gasteiger partial charge in [-0.2, -0.15) is 0 Å². The molecule has 1 aromatic carbocycles. The Kier molecular flexibility index (Phi) is 4.11. The second-order valence-corrected chi connectivity index (χ2v) is 6.82. The summed E-state index contributed by atoms with van der Waals surface area (Å²) in [6.45, 7) is 2.26. The molecule has 1 aliphatic heterocycles. The Hall–Kier alpha value is -2.13. The van der Waals surface area contributed by atoms with Crippen LogP contribution in [0.5, 0.6) is 5.75 Å². The van der Waals surface area contributed by atoms with Gasteiger partial charge in [0.1, 0.15) is 5.75 Å². The van der Waals surface area contributed by atoms with Crippen molar-refractivity contribution in [3.05, 3.63) is 64.5 Å². The van der Waals surface area contributed by atoms with Gasteiger partial charge in [-0.05, 0) is 67.6 Å². The van der Waals surface area contributed by atoms with Crippen molar-refractivity contribution in [2.24, 2.45) is 0 Å². The molecule has 0 spiro atoms. The number of pyridine rings is 1. The van der Waals surface area contributed by atoms with Gasteiger partial charge in [0.25, 0.3) is 0 Å². The van der Waals surface area contributed by atoms with Crippen molar-refractivity contribution in [3.63, 3.8) is 0 Å². The highest BCUT2D eigenvalue weighted by Gasteiger charge is 2.24. The molecule has 3 heteroatoms. The molecule has 0 N–H and O–H groups in total.